The monoisotopic (exact) mass is 199 g/mol. The van der Waals surface area contributed by atoms with Gasteiger partial charge in [-0.2, -0.15) is 0 Å². The average molecular weight is 200 g/mol. The molecule has 0 aliphatic rings. The second-order valence-electron chi connectivity index (χ2n) is 2.79. The lowest BCUT2D eigenvalue weighted by Crippen LogP contribution is -2.23. The number of amides is 1. The maximum Gasteiger partial charge on any atom is 0.274 e. The summed E-state index contributed by atoms with van der Waals surface area (Å²) in [5, 5.41) is 0.424. The summed E-state index contributed by atoms with van der Waals surface area (Å²) in [7, 11) is 3.27. The number of carbonyl (C=O) groups is 1. The van der Waals surface area contributed by atoms with E-state index in [1.165, 1.54) is 17.2 Å². The number of nitrogens with two attached hydrogens (primary N) is 1. The minimum atomic E-state index is -0.228. The van der Waals surface area contributed by atoms with E-state index in [0.29, 0.717) is 10.7 Å². The molecule has 0 saturated carbocycles. The molecule has 0 atom stereocenters. The number of pyridine rings is 1. The zero-order chi connectivity index (χ0) is 10.0. The molecule has 13 heavy (non-hydrogen) atoms. The van der Waals surface area contributed by atoms with Crippen molar-refractivity contribution >= 4 is 23.2 Å². The van der Waals surface area contributed by atoms with Crippen LogP contribution >= 0.6 is 11.6 Å². The van der Waals surface area contributed by atoms with Crippen molar-refractivity contribution in [3.05, 3.63) is 23.0 Å². The molecule has 4 nitrogen and oxygen atoms in total. The first-order valence-corrected chi connectivity index (χ1v) is 4.03. The maximum absolute atomic E-state index is 11.4. The van der Waals surface area contributed by atoms with Gasteiger partial charge in [0.05, 0.1) is 10.7 Å². The zero-order valence-electron chi connectivity index (χ0n) is 7.41. The molecule has 0 bridgehead atoms. The molecule has 1 aromatic rings. The second kappa shape index (κ2) is 3.62. The Balaban J connectivity index is 3.09. The Morgan fingerprint density at radius 1 is 1.62 bits per heavy atom. The Hall–Kier alpha value is -1.29. The van der Waals surface area contributed by atoms with Gasteiger partial charge in [0.2, 0.25) is 0 Å². The van der Waals surface area contributed by atoms with E-state index in [1.807, 2.05) is 0 Å². The van der Waals surface area contributed by atoms with Crippen LogP contribution in [-0.2, 0) is 0 Å². The van der Waals surface area contributed by atoms with E-state index in [1.54, 1.807) is 14.1 Å². The third-order valence-corrected chi connectivity index (χ3v) is 1.70. The summed E-state index contributed by atoms with van der Waals surface area (Å²) in [5.74, 6) is -0.228. The third-order valence-electron chi connectivity index (χ3n) is 1.49. The third kappa shape index (κ3) is 2.09. The van der Waals surface area contributed by atoms with Crippen LogP contribution in [0.5, 0.6) is 0 Å². The Morgan fingerprint density at radius 2 is 2.23 bits per heavy atom. The molecule has 1 aromatic heterocycles. The summed E-state index contributed by atoms with van der Waals surface area (Å²) >= 11 is 5.63. The molecule has 1 heterocycles. The first-order valence-electron chi connectivity index (χ1n) is 3.65. The van der Waals surface area contributed by atoms with Gasteiger partial charge in [-0.15, -0.1) is 0 Å². The van der Waals surface area contributed by atoms with Crippen LogP contribution in [0.15, 0.2) is 12.3 Å². The molecule has 0 unspecified atom stereocenters. The van der Waals surface area contributed by atoms with E-state index in [-0.39, 0.29) is 11.6 Å². The van der Waals surface area contributed by atoms with Crippen molar-refractivity contribution in [3.63, 3.8) is 0 Å². The van der Waals surface area contributed by atoms with Crippen LogP contribution in [0.4, 0.5) is 5.69 Å². The van der Waals surface area contributed by atoms with Crippen LogP contribution < -0.4 is 5.73 Å². The number of carbonyl (C=O) groups excluding carboxylic acids is 1. The first kappa shape index (κ1) is 9.80. The van der Waals surface area contributed by atoms with Crippen molar-refractivity contribution in [2.75, 3.05) is 19.8 Å². The van der Waals surface area contributed by atoms with Crippen LogP contribution in [0, 0.1) is 0 Å². The average Bonchev–Trinajstić information content (AvgIpc) is 2.03. The fraction of sp³-hybridized carbons (Fsp3) is 0.250. The van der Waals surface area contributed by atoms with Crippen LogP contribution in [0.1, 0.15) is 10.5 Å². The summed E-state index contributed by atoms with van der Waals surface area (Å²) in [4.78, 5) is 16.7. The van der Waals surface area contributed by atoms with Gasteiger partial charge >= 0.3 is 0 Å². The fourth-order valence-corrected chi connectivity index (χ4v) is 1.01. The molecular weight excluding hydrogens is 190 g/mol. The summed E-state index contributed by atoms with van der Waals surface area (Å²) in [6.45, 7) is 0. The predicted molar refractivity (Wildman–Crippen MR) is 51.7 cm³/mol. The molecule has 0 aliphatic carbocycles. The van der Waals surface area contributed by atoms with Crippen molar-refractivity contribution < 1.29 is 4.79 Å². The van der Waals surface area contributed by atoms with Crippen molar-refractivity contribution in [3.8, 4) is 0 Å². The molecule has 1 rings (SSSR count). The normalized spacial score (nSPS) is 9.77. The Bertz CT molecular complexity index is 338. The number of nitrogens with zero attached hydrogens (tertiary/aromatic N) is 2. The number of halogens is 1. The lowest BCUT2D eigenvalue weighted by molar-refractivity contribution is 0.0823. The highest BCUT2D eigenvalue weighted by Gasteiger charge is 2.13. The fourth-order valence-electron chi connectivity index (χ4n) is 0.845. The number of nitrogen functional groups attached to an aromatic ring is 1. The van der Waals surface area contributed by atoms with Crippen LogP contribution in [-0.4, -0.2) is 29.9 Å². The van der Waals surface area contributed by atoms with Crippen molar-refractivity contribution in [1.29, 1.82) is 0 Å². The molecule has 70 valence electrons. The van der Waals surface area contributed by atoms with Gasteiger partial charge in [-0.05, 0) is 6.07 Å². The standard InChI is InChI=1S/C8H10ClN3O/c1-12(2)8(13)7-6(10)3-5(9)4-11-7/h3-4H,10H2,1-2H3. The molecule has 0 spiro atoms. The maximum atomic E-state index is 11.4. The van der Waals surface area contributed by atoms with Gasteiger partial charge in [0, 0.05) is 20.3 Å². The summed E-state index contributed by atoms with van der Waals surface area (Å²) < 4.78 is 0. The van der Waals surface area contributed by atoms with Crippen molar-refractivity contribution in [2.24, 2.45) is 0 Å². The van der Waals surface area contributed by atoms with Crippen LogP contribution in [0.3, 0.4) is 0 Å². The highest BCUT2D eigenvalue weighted by atomic mass is 35.5. The minimum Gasteiger partial charge on any atom is -0.397 e. The van der Waals surface area contributed by atoms with E-state index >= 15 is 0 Å². The molecule has 0 radical (unpaired) electrons. The van der Waals surface area contributed by atoms with Gasteiger partial charge in [0.1, 0.15) is 0 Å². The quantitative estimate of drug-likeness (QED) is 0.735. The topological polar surface area (TPSA) is 59.2 Å². The van der Waals surface area contributed by atoms with Gasteiger partial charge in [0.25, 0.3) is 5.91 Å². The number of hydrogen-bond donors (Lipinski definition) is 1. The SMILES string of the molecule is CN(C)C(=O)c1ncc(Cl)cc1N. The Kier molecular flexibility index (Phi) is 2.72. The van der Waals surface area contributed by atoms with Gasteiger partial charge in [-0.3, -0.25) is 4.79 Å². The summed E-state index contributed by atoms with van der Waals surface area (Å²) in [6.07, 6.45) is 1.40. The number of aromatic nitrogens is 1. The largest absolute Gasteiger partial charge is 0.397 e. The van der Waals surface area contributed by atoms with Crippen LogP contribution in [0.2, 0.25) is 5.02 Å². The first-order chi connectivity index (χ1) is 6.02. The molecule has 0 aromatic carbocycles. The molecule has 0 saturated heterocycles. The molecule has 2 N–H and O–H groups in total. The van der Waals surface area contributed by atoms with Crippen molar-refractivity contribution in [2.45, 2.75) is 0 Å². The van der Waals surface area contributed by atoms with Crippen LogP contribution in [0.25, 0.3) is 0 Å². The van der Waals surface area contributed by atoms with Gasteiger partial charge in [-0.1, -0.05) is 11.6 Å². The van der Waals surface area contributed by atoms with Gasteiger partial charge in [0.15, 0.2) is 5.69 Å². The summed E-state index contributed by atoms with van der Waals surface area (Å²) in [5.41, 5.74) is 6.09. The molecule has 5 heteroatoms. The van der Waals surface area contributed by atoms with E-state index in [0.717, 1.165) is 0 Å². The van der Waals surface area contributed by atoms with E-state index in [9.17, 15) is 4.79 Å². The minimum absolute atomic E-state index is 0.228. The lowest BCUT2D eigenvalue weighted by atomic mass is 10.3. The van der Waals surface area contributed by atoms with E-state index in [2.05, 4.69) is 4.98 Å². The second-order valence-corrected chi connectivity index (χ2v) is 3.23. The zero-order valence-corrected chi connectivity index (χ0v) is 8.17. The smallest absolute Gasteiger partial charge is 0.274 e. The highest BCUT2D eigenvalue weighted by molar-refractivity contribution is 6.30. The lowest BCUT2D eigenvalue weighted by Gasteiger charge is -2.10. The van der Waals surface area contributed by atoms with E-state index < -0.39 is 0 Å². The predicted octanol–water partition coefficient (Wildman–Crippen LogP) is 1.02. The Morgan fingerprint density at radius 3 is 2.69 bits per heavy atom. The van der Waals surface area contributed by atoms with Crippen molar-refractivity contribution in [1.82, 2.24) is 9.88 Å². The van der Waals surface area contributed by atoms with Gasteiger partial charge < -0.3 is 10.6 Å². The molecule has 0 aliphatic heterocycles. The van der Waals surface area contributed by atoms with E-state index in [4.69, 9.17) is 17.3 Å². The number of hydrogen-bond acceptors (Lipinski definition) is 3. The molecule has 1 amide bonds. The Labute approximate surface area is 81.3 Å². The summed E-state index contributed by atoms with van der Waals surface area (Å²) in [6, 6.07) is 1.51. The number of anilines is 1. The van der Waals surface area contributed by atoms with Gasteiger partial charge in [-0.25, -0.2) is 4.98 Å². The number of rotatable bonds is 1. The molecule has 0 fully saturated rings. The molecular formula is C8H10ClN3O. The highest BCUT2D eigenvalue weighted by Crippen LogP contribution is 2.15.